The Labute approximate surface area is 148 Å². The van der Waals surface area contributed by atoms with Crippen LogP contribution in [0.1, 0.15) is 12.7 Å². The SMILES string of the molecule is CCOc1ccc(OC(=O)CSc2nnc(-c3ccoc3C)o2)cc1. The van der Waals surface area contributed by atoms with Crippen LogP contribution in [0.5, 0.6) is 11.5 Å². The van der Waals surface area contributed by atoms with Crippen molar-refractivity contribution in [2.75, 3.05) is 12.4 Å². The summed E-state index contributed by atoms with van der Waals surface area (Å²) in [6, 6.07) is 8.60. The molecule has 0 aliphatic carbocycles. The lowest BCUT2D eigenvalue weighted by atomic mass is 10.3. The number of ether oxygens (including phenoxy) is 2. The Balaban J connectivity index is 1.52. The summed E-state index contributed by atoms with van der Waals surface area (Å²) in [6.07, 6.45) is 1.55. The number of esters is 1. The molecule has 0 N–H and O–H groups in total. The largest absolute Gasteiger partial charge is 0.494 e. The van der Waals surface area contributed by atoms with Gasteiger partial charge in [-0.3, -0.25) is 4.79 Å². The van der Waals surface area contributed by atoms with Crippen molar-refractivity contribution in [3.8, 4) is 23.0 Å². The average Bonchev–Trinajstić information content (AvgIpc) is 3.23. The zero-order valence-electron chi connectivity index (χ0n) is 13.7. The maximum atomic E-state index is 11.9. The van der Waals surface area contributed by atoms with E-state index >= 15 is 0 Å². The molecule has 2 aromatic heterocycles. The van der Waals surface area contributed by atoms with E-state index in [2.05, 4.69) is 10.2 Å². The number of furan rings is 1. The lowest BCUT2D eigenvalue weighted by molar-refractivity contribution is -0.131. The van der Waals surface area contributed by atoms with Gasteiger partial charge in [0.25, 0.3) is 11.1 Å². The van der Waals surface area contributed by atoms with Crippen LogP contribution in [-0.2, 0) is 4.79 Å². The number of carbonyl (C=O) groups excluding carboxylic acids is 1. The smallest absolute Gasteiger partial charge is 0.321 e. The maximum Gasteiger partial charge on any atom is 0.321 e. The van der Waals surface area contributed by atoms with E-state index in [1.165, 1.54) is 0 Å². The van der Waals surface area contributed by atoms with Gasteiger partial charge in [-0.15, -0.1) is 10.2 Å². The van der Waals surface area contributed by atoms with Crippen LogP contribution in [0.15, 0.2) is 50.7 Å². The summed E-state index contributed by atoms with van der Waals surface area (Å²) in [6.45, 7) is 4.29. The second kappa shape index (κ2) is 7.89. The fraction of sp³-hybridized carbons (Fsp3) is 0.235. The number of hydrogen-bond acceptors (Lipinski definition) is 8. The number of benzene rings is 1. The normalized spacial score (nSPS) is 10.6. The molecule has 7 nitrogen and oxygen atoms in total. The quantitative estimate of drug-likeness (QED) is 0.358. The maximum absolute atomic E-state index is 11.9. The predicted molar refractivity (Wildman–Crippen MR) is 90.7 cm³/mol. The Morgan fingerprint density at radius 1 is 1.16 bits per heavy atom. The van der Waals surface area contributed by atoms with Crippen molar-refractivity contribution in [2.24, 2.45) is 0 Å². The predicted octanol–water partition coefficient (Wildman–Crippen LogP) is 3.73. The number of aryl methyl sites for hydroxylation is 1. The molecule has 0 unspecified atom stereocenters. The van der Waals surface area contributed by atoms with E-state index in [1.54, 1.807) is 43.5 Å². The van der Waals surface area contributed by atoms with Crippen LogP contribution in [0.25, 0.3) is 11.5 Å². The molecule has 25 heavy (non-hydrogen) atoms. The van der Waals surface area contributed by atoms with Gasteiger partial charge < -0.3 is 18.3 Å². The highest BCUT2D eigenvalue weighted by Gasteiger charge is 2.15. The second-order valence-electron chi connectivity index (χ2n) is 4.93. The summed E-state index contributed by atoms with van der Waals surface area (Å²) in [7, 11) is 0. The zero-order chi connectivity index (χ0) is 17.6. The third-order valence-corrected chi connectivity index (χ3v) is 3.97. The van der Waals surface area contributed by atoms with E-state index < -0.39 is 5.97 Å². The second-order valence-corrected chi connectivity index (χ2v) is 5.86. The number of hydrogen-bond donors (Lipinski definition) is 0. The molecule has 130 valence electrons. The molecule has 8 heteroatoms. The molecule has 0 bridgehead atoms. The molecule has 1 aromatic carbocycles. The summed E-state index contributed by atoms with van der Waals surface area (Å²) in [5.41, 5.74) is 0.733. The van der Waals surface area contributed by atoms with Crippen LogP contribution < -0.4 is 9.47 Å². The van der Waals surface area contributed by atoms with Gasteiger partial charge in [0.1, 0.15) is 23.0 Å². The molecule has 0 aliphatic heterocycles. The third kappa shape index (κ3) is 4.42. The first-order valence-corrected chi connectivity index (χ1v) is 8.58. The van der Waals surface area contributed by atoms with Gasteiger partial charge in [-0.2, -0.15) is 0 Å². The third-order valence-electron chi connectivity index (χ3n) is 3.18. The first kappa shape index (κ1) is 17.1. The lowest BCUT2D eigenvalue weighted by Crippen LogP contribution is -2.10. The Hall–Kier alpha value is -2.74. The monoisotopic (exact) mass is 360 g/mol. The fourth-order valence-electron chi connectivity index (χ4n) is 2.04. The van der Waals surface area contributed by atoms with Gasteiger partial charge in [0.15, 0.2) is 0 Å². The molecule has 2 heterocycles. The minimum Gasteiger partial charge on any atom is -0.494 e. The van der Waals surface area contributed by atoms with E-state index in [4.69, 9.17) is 18.3 Å². The van der Waals surface area contributed by atoms with Crippen molar-refractivity contribution >= 4 is 17.7 Å². The summed E-state index contributed by atoms with van der Waals surface area (Å²) >= 11 is 1.11. The molecular formula is C17H16N2O5S. The molecule has 3 aromatic rings. The highest BCUT2D eigenvalue weighted by molar-refractivity contribution is 7.99. The molecule has 0 amide bonds. The topological polar surface area (TPSA) is 87.6 Å². The zero-order valence-corrected chi connectivity index (χ0v) is 14.5. The van der Waals surface area contributed by atoms with E-state index in [-0.39, 0.29) is 5.75 Å². The van der Waals surface area contributed by atoms with Crippen molar-refractivity contribution in [1.82, 2.24) is 10.2 Å². The van der Waals surface area contributed by atoms with Crippen LogP contribution in [-0.4, -0.2) is 28.5 Å². The van der Waals surface area contributed by atoms with E-state index in [1.807, 2.05) is 6.92 Å². The van der Waals surface area contributed by atoms with Crippen LogP contribution in [0.4, 0.5) is 0 Å². The van der Waals surface area contributed by atoms with Crippen LogP contribution in [0.2, 0.25) is 0 Å². The fourth-order valence-corrected chi connectivity index (χ4v) is 2.57. The number of thioether (sulfide) groups is 1. The highest BCUT2D eigenvalue weighted by Crippen LogP contribution is 2.26. The van der Waals surface area contributed by atoms with Gasteiger partial charge in [0.2, 0.25) is 0 Å². The minimum atomic E-state index is -0.409. The van der Waals surface area contributed by atoms with Crippen LogP contribution in [0.3, 0.4) is 0 Å². The summed E-state index contributed by atoms with van der Waals surface area (Å²) in [5, 5.41) is 8.14. The van der Waals surface area contributed by atoms with E-state index in [0.29, 0.717) is 29.2 Å². The number of carbonyl (C=O) groups is 1. The Morgan fingerprint density at radius 2 is 1.92 bits per heavy atom. The van der Waals surface area contributed by atoms with Gasteiger partial charge in [-0.25, -0.2) is 0 Å². The van der Waals surface area contributed by atoms with Gasteiger partial charge in [0.05, 0.1) is 18.4 Å². The average molecular weight is 360 g/mol. The van der Waals surface area contributed by atoms with Crippen LogP contribution >= 0.6 is 11.8 Å². The Bertz CT molecular complexity index is 841. The summed E-state index contributed by atoms with van der Waals surface area (Å²) < 4.78 is 21.3. The van der Waals surface area contributed by atoms with Gasteiger partial charge in [-0.05, 0) is 44.2 Å². The van der Waals surface area contributed by atoms with Crippen molar-refractivity contribution in [2.45, 2.75) is 19.1 Å². The van der Waals surface area contributed by atoms with Crippen molar-refractivity contribution in [3.05, 3.63) is 42.4 Å². The van der Waals surface area contributed by atoms with Crippen molar-refractivity contribution in [1.29, 1.82) is 0 Å². The molecule has 0 aliphatic rings. The number of nitrogens with zero attached hydrogens (tertiary/aromatic N) is 2. The Morgan fingerprint density at radius 3 is 2.60 bits per heavy atom. The highest BCUT2D eigenvalue weighted by atomic mass is 32.2. The first-order valence-electron chi connectivity index (χ1n) is 7.60. The summed E-state index contributed by atoms with van der Waals surface area (Å²) in [5.74, 6) is 1.87. The molecule has 0 fully saturated rings. The summed E-state index contributed by atoms with van der Waals surface area (Å²) in [4.78, 5) is 11.9. The molecule has 0 radical (unpaired) electrons. The van der Waals surface area contributed by atoms with Gasteiger partial charge in [0, 0.05) is 0 Å². The Kier molecular flexibility index (Phi) is 5.39. The van der Waals surface area contributed by atoms with Crippen molar-refractivity contribution in [3.63, 3.8) is 0 Å². The van der Waals surface area contributed by atoms with E-state index in [9.17, 15) is 4.79 Å². The molecule has 0 spiro atoms. The van der Waals surface area contributed by atoms with Crippen molar-refractivity contribution < 1.29 is 23.1 Å². The molecular weight excluding hydrogens is 344 g/mol. The number of aromatic nitrogens is 2. The molecule has 3 rings (SSSR count). The molecule has 0 saturated heterocycles. The first-order chi connectivity index (χ1) is 12.2. The van der Waals surface area contributed by atoms with E-state index in [0.717, 1.165) is 23.1 Å². The standard InChI is InChI=1S/C17H16N2O5S/c1-3-21-12-4-6-13(7-5-12)23-15(20)10-25-17-19-18-16(24-17)14-8-9-22-11(14)2/h4-9H,3,10H2,1-2H3. The molecule has 0 saturated carbocycles. The lowest BCUT2D eigenvalue weighted by Gasteiger charge is -2.05. The molecule has 0 atom stereocenters. The van der Waals surface area contributed by atoms with Crippen LogP contribution in [0, 0.1) is 6.92 Å². The number of rotatable bonds is 7. The minimum absolute atomic E-state index is 0.0548. The van der Waals surface area contributed by atoms with Gasteiger partial charge >= 0.3 is 5.97 Å². The van der Waals surface area contributed by atoms with Gasteiger partial charge in [-0.1, -0.05) is 11.8 Å².